The van der Waals surface area contributed by atoms with Gasteiger partial charge in [0.15, 0.2) is 11.6 Å². The van der Waals surface area contributed by atoms with Crippen LogP contribution in [0, 0.1) is 5.82 Å². The third-order valence-corrected chi connectivity index (χ3v) is 3.48. The van der Waals surface area contributed by atoms with Crippen molar-refractivity contribution in [2.75, 3.05) is 11.9 Å². The molecule has 2 rings (SSSR count). The van der Waals surface area contributed by atoms with Gasteiger partial charge in [-0.2, -0.15) is 13.2 Å². The Balaban J connectivity index is 0.00000364. The first-order valence-corrected chi connectivity index (χ1v) is 7.88. The first-order valence-electron chi connectivity index (χ1n) is 7.88. The standard InChI is InChI=1S/C18H18F4N2O2.ClH/c19-15-4-1-2-5-16(15)26-7-3-6-17(25)24-14-9-12(11-23)8-13(10-14)18(20,21)22;/h1-2,4-5,8-10H,3,6-7,11,23H2,(H,24,25);1H. The Morgan fingerprint density at radius 3 is 2.48 bits per heavy atom. The van der Waals surface area contributed by atoms with Gasteiger partial charge in [0.2, 0.25) is 5.91 Å². The minimum Gasteiger partial charge on any atom is -0.491 e. The predicted molar refractivity (Wildman–Crippen MR) is 96.3 cm³/mol. The normalized spacial score (nSPS) is 10.9. The van der Waals surface area contributed by atoms with E-state index in [2.05, 4.69) is 5.32 Å². The van der Waals surface area contributed by atoms with E-state index >= 15 is 0 Å². The van der Waals surface area contributed by atoms with E-state index in [1.54, 1.807) is 6.07 Å². The molecule has 0 fully saturated rings. The molecular formula is C18H19ClF4N2O2. The molecule has 2 aromatic carbocycles. The summed E-state index contributed by atoms with van der Waals surface area (Å²) in [5.74, 6) is -0.891. The molecule has 9 heteroatoms. The summed E-state index contributed by atoms with van der Waals surface area (Å²) in [6.07, 6.45) is -4.23. The monoisotopic (exact) mass is 406 g/mol. The summed E-state index contributed by atoms with van der Waals surface area (Å²) in [6.45, 7) is 0.0221. The number of para-hydroxylation sites is 1. The van der Waals surface area contributed by atoms with Crippen molar-refractivity contribution in [2.24, 2.45) is 5.73 Å². The Morgan fingerprint density at radius 2 is 1.85 bits per heavy atom. The zero-order valence-electron chi connectivity index (χ0n) is 14.2. The Kier molecular flexibility index (Phi) is 8.52. The minimum absolute atomic E-state index is 0. The van der Waals surface area contributed by atoms with Crippen LogP contribution < -0.4 is 15.8 Å². The molecule has 2 aromatic rings. The number of ether oxygens (including phenoxy) is 1. The van der Waals surface area contributed by atoms with Gasteiger partial charge in [-0.3, -0.25) is 4.79 Å². The number of amides is 1. The van der Waals surface area contributed by atoms with Gasteiger partial charge >= 0.3 is 6.18 Å². The summed E-state index contributed by atoms with van der Waals surface area (Å²) in [5.41, 5.74) is 4.81. The van der Waals surface area contributed by atoms with Crippen LogP contribution in [0.15, 0.2) is 42.5 Å². The van der Waals surface area contributed by atoms with E-state index in [9.17, 15) is 22.4 Å². The number of carbonyl (C=O) groups excluding carboxylic acids is 1. The average molecular weight is 407 g/mol. The van der Waals surface area contributed by atoms with Gasteiger partial charge in [-0.1, -0.05) is 12.1 Å². The Hall–Kier alpha value is -2.32. The Morgan fingerprint density at radius 1 is 1.15 bits per heavy atom. The fourth-order valence-corrected chi connectivity index (χ4v) is 2.25. The molecule has 0 heterocycles. The highest BCUT2D eigenvalue weighted by Gasteiger charge is 2.31. The van der Waals surface area contributed by atoms with Gasteiger partial charge in [0.25, 0.3) is 0 Å². The lowest BCUT2D eigenvalue weighted by Crippen LogP contribution is -2.15. The second-order valence-electron chi connectivity index (χ2n) is 5.55. The van der Waals surface area contributed by atoms with Gasteiger partial charge in [0, 0.05) is 18.7 Å². The van der Waals surface area contributed by atoms with Crippen molar-refractivity contribution in [1.29, 1.82) is 0 Å². The maximum absolute atomic E-state index is 13.4. The maximum atomic E-state index is 13.4. The molecular weight excluding hydrogens is 388 g/mol. The summed E-state index contributed by atoms with van der Waals surface area (Å²) < 4.78 is 57.2. The van der Waals surface area contributed by atoms with Crippen molar-refractivity contribution in [3.05, 3.63) is 59.4 Å². The number of carbonyl (C=O) groups is 1. The largest absolute Gasteiger partial charge is 0.491 e. The zero-order valence-corrected chi connectivity index (χ0v) is 15.0. The topological polar surface area (TPSA) is 64.3 Å². The van der Waals surface area contributed by atoms with Crippen LogP contribution in [-0.4, -0.2) is 12.5 Å². The van der Waals surface area contributed by atoms with Crippen LogP contribution in [0.2, 0.25) is 0 Å². The molecule has 0 saturated carbocycles. The van der Waals surface area contributed by atoms with Crippen molar-refractivity contribution < 1.29 is 27.1 Å². The number of hydrogen-bond donors (Lipinski definition) is 2. The van der Waals surface area contributed by atoms with Crippen molar-refractivity contribution >= 4 is 24.0 Å². The van der Waals surface area contributed by atoms with Crippen molar-refractivity contribution in [1.82, 2.24) is 0 Å². The first kappa shape index (κ1) is 22.7. The predicted octanol–water partition coefficient (Wildman–Crippen LogP) is 4.52. The van der Waals surface area contributed by atoms with Crippen LogP contribution in [0.3, 0.4) is 0 Å². The summed E-state index contributed by atoms with van der Waals surface area (Å²) in [7, 11) is 0. The third kappa shape index (κ3) is 7.07. The Bertz CT molecular complexity index is 769. The van der Waals surface area contributed by atoms with Crippen molar-refractivity contribution in [3.63, 3.8) is 0 Å². The molecule has 0 bridgehead atoms. The highest BCUT2D eigenvalue weighted by molar-refractivity contribution is 5.90. The summed E-state index contributed by atoms with van der Waals surface area (Å²) >= 11 is 0. The zero-order chi connectivity index (χ0) is 19.2. The molecule has 0 spiro atoms. The summed E-state index contributed by atoms with van der Waals surface area (Å²) in [6, 6.07) is 9.05. The van der Waals surface area contributed by atoms with Gasteiger partial charge in [-0.05, 0) is 42.3 Å². The number of benzene rings is 2. The summed E-state index contributed by atoms with van der Waals surface area (Å²) in [5, 5.41) is 2.42. The van der Waals surface area contributed by atoms with Crippen LogP contribution in [0.1, 0.15) is 24.0 Å². The molecule has 0 aliphatic carbocycles. The van der Waals surface area contributed by atoms with E-state index in [0.717, 1.165) is 12.1 Å². The van der Waals surface area contributed by atoms with Gasteiger partial charge in [0.1, 0.15) is 0 Å². The molecule has 0 saturated heterocycles. The van der Waals surface area contributed by atoms with E-state index in [4.69, 9.17) is 10.5 Å². The molecule has 148 valence electrons. The third-order valence-electron chi connectivity index (χ3n) is 3.48. The smallest absolute Gasteiger partial charge is 0.416 e. The second kappa shape index (κ2) is 10.1. The van der Waals surface area contributed by atoms with Crippen LogP contribution >= 0.6 is 12.4 Å². The van der Waals surface area contributed by atoms with Crippen LogP contribution in [-0.2, 0) is 17.5 Å². The van der Waals surface area contributed by atoms with Crippen LogP contribution in [0.4, 0.5) is 23.2 Å². The quantitative estimate of drug-likeness (QED) is 0.524. The molecule has 27 heavy (non-hydrogen) atoms. The Labute approximate surface area is 160 Å². The summed E-state index contributed by atoms with van der Waals surface area (Å²) in [4.78, 5) is 11.9. The lowest BCUT2D eigenvalue weighted by atomic mass is 10.1. The second-order valence-corrected chi connectivity index (χ2v) is 5.55. The fraction of sp³-hybridized carbons (Fsp3) is 0.278. The van der Waals surface area contributed by atoms with Crippen LogP contribution in [0.5, 0.6) is 5.75 Å². The molecule has 4 nitrogen and oxygen atoms in total. The molecule has 3 N–H and O–H groups in total. The number of rotatable bonds is 7. The first-order chi connectivity index (χ1) is 12.3. The molecule has 0 aliphatic rings. The van der Waals surface area contributed by atoms with Gasteiger partial charge in [0.05, 0.1) is 12.2 Å². The van der Waals surface area contributed by atoms with E-state index in [1.165, 1.54) is 24.3 Å². The lowest BCUT2D eigenvalue weighted by Gasteiger charge is -2.12. The average Bonchev–Trinajstić information content (AvgIpc) is 2.59. The lowest BCUT2D eigenvalue weighted by molar-refractivity contribution is -0.137. The molecule has 0 aliphatic heterocycles. The maximum Gasteiger partial charge on any atom is 0.416 e. The highest BCUT2D eigenvalue weighted by Crippen LogP contribution is 2.32. The van der Waals surface area contributed by atoms with Gasteiger partial charge in [-0.25, -0.2) is 4.39 Å². The number of nitrogens with one attached hydrogen (secondary N) is 1. The SMILES string of the molecule is Cl.NCc1cc(NC(=O)CCCOc2ccccc2F)cc(C(F)(F)F)c1. The number of alkyl halides is 3. The molecule has 1 amide bonds. The minimum atomic E-state index is -4.53. The number of anilines is 1. The van der Waals surface area contributed by atoms with Crippen LogP contribution in [0.25, 0.3) is 0 Å². The molecule has 0 radical (unpaired) electrons. The highest BCUT2D eigenvalue weighted by atomic mass is 35.5. The fourth-order valence-electron chi connectivity index (χ4n) is 2.25. The number of halogens is 5. The van der Waals surface area contributed by atoms with Gasteiger partial charge in [-0.15, -0.1) is 12.4 Å². The molecule has 0 atom stereocenters. The van der Waals surface area contributed by atoms with E-state index in [-0.39, 0.29) is 55.4 Å². The molecule has 0 aromatic heterocycles. The molecule has 0 unspecified atom stereocenters. The van der Waals surface area contributed by atoms with Gasteiger partial charge < -0.3 is 15.8 Å². The van der Waals surface area contributed by atoms with Crippen molar-refractivity contribution in [2.45, 2.75) is 25.6 Å². The number of hydrogen-bond acceptors (Lipinski definition) is 3. The van der Waals surface area contributed by atoms with E-state index in [1.807, 2.05) is 0 Å². The van der Waals surface area contributed by atoms with Crippen molar-refractivity contribution in [3.8, 4) is 5.75 Å². The van der Waals surface area contributed by atoms with E-state index in [0.29, 0.717) is 0 Å². The van der Waals surface area contributed by atoms with E-state index < -0.39 is 23.5 Å². The number of nitrogens with two attached hydrogens (primary N) is 1.